The van der Waals surface area contributed by atoms with Crippen LogP contribution in [0.25, 0.3) is 11.3 Å². The molecule has 0 aliphatic rings. The lowest BCUT2D eigenvalue weighted by Gasteiger charge is -1.99. The van der Waals surface area contributed by atoms with E-state index >= 15 is 0 Å². The molecule has 3 nitrogen and oxygen atoms in total. The van der Waals surface area contributed by atoms with Crippen molar-refractivity contribution in [3.05, 3.63) is 34.3 Å². The van der Waals surface area contributed by atoms with Gasteiger partial charge in [0.1, 0.15) is 11.5 Å². The molecule has 3 N–H and O–H groups in total. The molecule has 0 atom stereocenters. The van der Waals surface area contributed by atoms with Crippen molar-refractivity contribution in [3.63, 3.8) is 0 Å². The predicted octanol–water partition coefficient (Wildman–Crippen LogP) is 2.70. The zero-order valence-electron chi connectivity index (χ0n) is 7.39. The molecule has 0 aliphatic heterocycles. The first-order chi connectivity index (χ1) is 7.09. The zero-order valence-corrected chi connectivity index (χ0v) is 8.98. The molecule has 0 radical (unpaired) electrons. The highest BCUT2D eigenvalue weighted by molar-refractivity contribution is 9.10. The van der Waals surface area contributed by atoms with Crippen LogP contribution < -0.4 is 5.73 Å². The van der Waals surface area contributed by atoms with Gasteiger partial charge in [0.15, 0.2) is 11.6 Å². The van der Waals surface area contributed by atoms with Gasteiger partial charge in [0.05, 0.1) is 4.47 Å². The normalized spacial score (nSPS) is 10.6. The molecule has 2 rings (SSSR count). The summed E-state index contributed by atoms with van der Waals surface area (Å²) in [4.78, 5) is 0. The van der Waals surface area contributed by atoms with Gasteiger partial charge in [-0.15, -0.1) is 0 Å². The monoisotopic (exact) mass is 273 g/mol. The standard InChI is InChI=1S/C9H6BrF2N3/c10-5-3-4(1-2-6(5)11)8-7(12)9(13)15-14-8/h1-3H,(H3,13,14,15). The van der Waals surface area contributed by atoms with E-state index in [0.29, 0.717) is 5.56 Å². The van der Waals surface area contributed by atoms with Crippen LogP contribution in [0.4, 0.5) is 14.6 Å². The number of anilines is 1. The van der Waals surface area contributed by atoms with E-state index in [9.17, 15) is 8.78 Å². The summed E-state index contributed by atoms with van der Waals surface area (Å²) in [6.45, 7) is 0. The van der Waals surface area contributed by atoms with Gasteiger partial charge in [-0.25, -0.2) is 8.78 Å². The van der Waals surface area contributed by atoms with E-state index < -0.39 is 11.6 Å². The van der Waals surface area contributed by atoms with Gasteiger partial charge >= 0.3 is 0 Å². The van der Waals surface area contributed by atoms with E-state index in [4.69, 9.17) is 5.73 Å². The van der Waals surface area contributed by atoms with Gasteiger partial charge < -0.3 is 5.73 Å². The molecule has 0 fully saturated rings. The Morgan fingerprint density at radius 3 is 2.60 bits per heavy atom. The Balaban J connectivity index is 2.55. The molecule has 2 aromatic rings. The molecule has 0 saturated carbocycles. The number of nitrogen functional groups attached to an aromatic ring is 1. The van der Waals surface area contributed by atoms with Crippen molar-refractivity contribution in [3.8, 4) is 11.3 Å². The molecule has 0 unspecified atom stereocenters. The number of hydrogen-bond acceptors (Lipinski definition) is 2. The number of nitrogens with two attached hydrogens (primary N) is 1. The Hall–Kier alpha value is -1.43. The van der Waals surface area contributed by atoms with E-state index in [1.807, 2.05) is 0 Å². The molecular weight excluding hydrogens is 268 g/mol. The van der Waals surface area contributed by atoms with E-state index in [0.717, 1.165) is 0 Å². The largest absolute Gasteiger partial charge is 0.380 e. The van der Waals surface area contributed by atoms with Gasteiger partial charge in [-0.3, -0.25) is 5.10 Å². The maximum Gasteiger partial charge on any atom is 0.192 e. The number of rotatable bonds is 1. The van der Waals surface area contributed by atoms with Crippen molar-refractivity contribution >= 4 is 21.7 Å². The number of H-pyrrole nitrogens is 1. The summed E-state index contributed by atoms with van der Waals surface area (Å²) < 4.78 is 26.5. The molecule has 0 amide bonds. The minimum atomic E-state index is -0.631. The Morgan fingerprint density at radius 1 is 1.33 bits per heavy atom. The van der Waals surface area contributed by atoms with E-state index in [1.165, 1.54) is 18.2 Å². The molecule has 0 aliphatic carbocycles. The highest BCUT2D eigenvalue weighted by Crippen LogP contribution is 2.27. The van der Waals surface area contributed by atoms with Gasteiger partial charge in [0, 0.05) is 5.56 Å². The van der Waals surface area contributed by atoms with Crippen molar-refractivity contribution in [2.45, 2.75) is 0 Å². The molecule has 78 valence electrons. The van der Waals surface area contributed by atoms with Gasteiger partial charge in [-0.1, -0.05) is 0 Å². The van der Waals surface area contributed by atoms with Crippen LogP contribution >= 0.6 is 15.9 Å². The molecule has 15 heavy (non-hydrogen) atoms. The Bertz CT molecular complexity index is 510. The predicted molar refractivity (Wildman–Crippen MR) is 56.1 cm³/mol. The van der Waals surface area contributed by atoms with Crippen LogP contribution in [-0.4, -0.2) is 10.2 Å². The van der Waals surface area contributed by atoms with Crippen LogP contribution in [-0.2, 0) is 0 Å². The number of hydrogen-bond donors (Lipinski definition) is 2. The number of aromatic nitrogens is 2. The highest BCUT2D eigenvalue weighted by atomic mass is 79.9. The van der Waals surface area contributed by atoms with Crippen molar-refractivity contribution in [1.29, 1.82) is 0 Å². The first kappa shape index (κ1) is 10.1. The lowest BCUT2D eigenvalue weighted by atomic mass is 10.1. The van der Waals surface area contributed by atoms with Crippen molar-refractivity contribution in [2.75, 3.05) is 5.73 Å². The summed E-state index contributed by atoms with van der Waals surface area (Å²) in [7, 11) is 0. The van der Waals surface area contributed by atoms with Crippen molar-refractivity contribution in [1.82, 2.24) is 10.2 Å². The number of benzene rings is 1. The maximum absolute atomic E-state index is 13.4. The van der Waals surface area contributed by atoms with E-state index in [2.05, 4.69) is 26.1 Å². The first-order valence-electron chi connectivity index (χ1n) is 4.04. The Morgan fingerprint density at radius 2 is 2.07 bits per heavy atom. The second-order valence-electron chi connectivity index (χ2n) is 2.93. The van der Waals surface area contributed by atoms with Gasteiger partial charge in [0.2, 0.25) is 0 Å². The van der Waals surface area contributed by atoms with Crippen LogP contribution in [0.2, 0.25) is 0 Å². The van der Waals surface area contributed by atoms with Gasteiger partial charge in [0.25, 0.3) is 0 Å². The fraction of sp³-hybridized carbons (Fsp3) is 0. The van der Waals surface area contributed by atoms with Crippen LogP contribution in [0.5, 0.6) is 0 Å². The summed E-state index contributed by atoms with van der Waals surface area (Å²) in [6, 6.07) is 4.12. The third-order valence-corrected chi connectivity index (χ3v) is 2.55. The zero-order chi connectivity index (χ0) is 11.0. The van der Waals surface area contributed by atoms with Crippen LogP contribution in [0, 0.1) is 11.6 Å². The topological polar surface area (TPSA) is 54.7 Å². The number of nitrogens with one attached hydrogen (secondary N) is 1. The molecule has 1 aromatic carbocycles. The third-order valence-electron chi connectivity index (χ3n) is 1.94. The summed E-state index contributed by atoms with van der Waals surface area (Å²) in [5.74, 6) is -1.24. The number of aromatic amines is 1. The molecule has 0 spiro atoms. The van der Waals surface area contributed by atoms with Crippen LogP contribution in [0.1, 0.15) is 0 Å². The lowest BCUT2D eigenvalue weighted by molar-refractivity contribution is 0.620. The molecule has 1 aromatic heterocycles. The summed E-state index contributed by atoms with van der Waals surface area (Å²) in [6.07, 6.45) is 0. The molecule has 0 bridgehead atoms. The van der Waals surface area contributed by atoms with Crippen molar-refractivity contribution in [2.24, 2.45) is 0 Å². The van der Waals surface area contributed by atoms with Gasteiger partial charge in [-0.05, 0) is 34.1 Å². The first-order valence-corrected chi connectivity index (χ1v) is 4.83. The minimum Gasteiger partial charge on any atom is -0.380 e. The Kier molecular flexibility index (Phi) is 2.44. The maximum atomic E-state index is 13.4. The summed E-state index contributed by atoms with van der Waals surface area (Å²) >= 11 is 3.01. The SMILES string of the molecule is Nc1n[nH]c(-c2ccc(F)c(Br)c2)c1F. The number of nitrogens with zero attached hydrogens (tertiary/aromatic N) is 1. The number of halogens is 3. The highest BCUT2D eigenvalue weighted by Gasteiger charge is 2.13. The summed E-state index contributed by atoms with van der Waals surface area (Å²) in [5, 5.41) is 5.96. The van der Waals surface area contributed by atoms with E-state index in [-0.39, 0.29) is 16.0 Å². The summed E-state index contributed by atoms with van der Waals surface area (Å²) in [5.41, 5.74) is 5.87. The molecule has 6 heteroatoms. The van der Waals surface area contributed by atoms with E-state index in [1.54, 1.807) is 0 Å². The fourth-order valence-electron chi connectivity index (χ4n) is 1.19. The third kappa shape index (κ3) is 1.72. The molecule has 1 heterocycles. The second kappa shape index (κ2) is 3.62. The smallest absolute Gasteiger partial charge is 0.192 e. The molecule has 0 saturated heterocycles. The molecular formula is C9H6BrF2N3. The Labute approximate surface area is 92.4 Å². The fourth-order valence-corrected chi connectivity index (χ4v) is 1.56. The minimum absolute atomic E-state index is 0.146. The lowest BCUT2D eigenvalue weighted by Crippen LogP contribution is -1.88. The average molecular weight is 274 g/mol. The average Bonchev–Trinajstić information content (AvgIpc) is 2.53. The quantitative estimate of drug-likeness (QED) is 0.840. The van der Waals surface area contributed by atoms with Crippen LogP contribution in [0.3, 0.4) is 0 Å². The van der Waals surface area contributed by atoms with Crippen molar-refractivity contribution < 1.29 is 8.78 Å². The second-order valence-corrected chi connectivity index (χ2v) is 3.78. The van der Waals surface area contributed by atoms with Gasteiger partial charge in [-0.2, -0.15) is 5.10 Å². The van der Waals surface area contributed by atoms with Crippen LogP contribution in [0.15, 0.2) is 22.7 Å².